The minimum Gasteiger partial charge on any atom is -0.494 e. The molecule has 2 aromatic carbocycles. The molecule has 8 nitrogen and oxygen atoms in total. The molecule has 34 heavy (non-hydrogen) atoms. The lowest BCUT2D eigenvalue weighted by atomic mass is 10.1. The first-order chi connectivity index (χ1) is 16.4. The second-order valence-electron chi connectivity index (χ2n) is 7.64. The van der Waals surface area contributed by atoms with Gasteiger partial charge in [-0.1, -0.05) is 11.3 Å². The molecule has 3 rings (SSSR count). The Balaban J connectivity index is 1.91. The van der Waals surface area contributed by atoms with Crippen molar-refractivity contribution in [3.8, 4) is 23.0 Å². The topological polar surface area (TPSA) is 73.4 Å². The van der Waals surface area contributed by atoms with Crippen molar-refractivity contribution in [2.45, 2.75) is 6.92 Å². The quantitative estimate of drug-likeness (QED) is 0.374. The minimum absolute atomic E-state index is 0.167. The molecule has 0 saturated heterocycles. The van der Waals surface area contributed by atoms with E-state index in [4.69, 9.17) is 23.9 Å². The highest BCUT2D eigenvalue weighted by atomic mass is 32.1. The highest BCUT2D eigenvalue weighted by Crippen LogP contribution is 2.38. The Labute approximate surface area is 204 Å². The van der Waals surface area contributed by atoms with Crippen molar-refractivity contribution in [2.75, 3.05) is 60.0 Å². The molecule has 3 aromatic rings. The van der Waals surface area contributed by atoms with Gasteiger partial charge in [0.05, 0.1) is 38.2 Å². The fourth-order valence-electron chi connectivity index (χ4n) is 3.32. The number of aromatic nitrogens is 1. The molecule has 182 valence electrons. The third-order valence-corrected chi connectivity index (χ3v) is 6.07. The first-order valence-electron chi connectivity index (χ1n) is 10.9. The van der Waals surface area contributed by atoms with E-state index in [9.17, 15) is 4.79 Å². The zero-order chi connectivity index (χ0) is 24.7. The average Bonchev–Trinajstić information content (AvgIpc) is 3.25. The van der Waals surface area contributed by atoms with Crippen LogP contribution in [-0.2, 0) is 4.79 Å². The number of hydrogen-bond acceptors (Lipinski definition) is 8. The van der Waals surface area contributed by atoms with Crippen molar-refractivity contribution in [3.63, 3.8) is 0 Å². The monoisotopic (exact) mass is 485 g/mol. The van der Waals surface area contributed by atoms with E-state index < -0.39 is 0 Å². The molecule has 0 spiro atoms. The summed E-state index contributed by atoms with van der Waals surface area (Å²) < 4.78 is 22.8. The summed E-state index contributed by atoms with van der Waals surface area (Å²) >= 11 is 1.47. The third kappa shape index (κ3) is 5.98. The van der Waals surface area contributed by atoms with Gasteiger partial charge in [-0.3, -0.25) is 9.69 Å². The van der Waals surface area contributed by atoms with Crippen molar-refractivity contribution in [1.29, 1.82) is 0 Å². The zero-order valence-corrected chi connectivity index (χ0v) is 21.3. The van der Waals surface area contributed by atoms with Crippen molar-refractivity contribution in [3.05, 3.63) is 42.0 Å². The van der Waals surface area contributed by atoms with E-state index in [0.29, 0.717) is 42.1 Å². The fourth-order valence-corrected chi connectivity index (χ4v) is 4.35. The van der Waals surface area contributed by atoms with Gasteiger partial charge in [-0.05, 0) is 63.0 Å². The Morgan fingerprint density at radius 3 is 2.32 bits per heavy atom. The van der Waals surface area contributed by atoms with Gasteiger partial charge in [0.2, 0.25) is 5.75 Å². The number of amides is 1. The van der Waals surface area contributed by atoms with Gasteiger partial charge >= 0.3 is 0 Å². The molecule has 0 aliphatic carbocycles. The summed E-state index contributed by atoms with van der Waals surface area (Å²) in [5.41, 5.74) is 1.58. The molecule has 0 aliphatic rings. The van der Waals surface area contributed by atoms with Crippen molar-refractivity contribution >= 4 is 38.7 Å². The normalized spacial score (nSPS) is 11.3. The second-order valence-corrected chi connectivity index (χ2v) is 8.65. The standard InChI is InChI=1S/C25H31N3O5S/c1-7-33-18-9-10-19-22(16-18)34-25(26-19)28(13-12-27(2)3)23(29)11-8-17-14-20(30-4)24(32-6)21(15-17)31-5/h8-11,14-16H,7,12-13H2,1-6H3. The molecular weight excluding hydrogens is 454 g/mol. The molecule has 1 aromatic heterocycles. The lowest BCUT2D eigenvalue weighted by Gasteiger charge is -2.20. The number of rotatable bonds is 11. The number of benzene rings is 2. The lowest BCUT2D eigenvalue weighted by Crippen LogP contribution is -2.35. The lowest BCUT2D eigenvalue weighted by molar-refractivity contribution is -0.114. The zero-order valence-electron chi connectivity index (χ0n) is 20.5. The van der Waals surface area contributed by atoms with E-state index in [2.05, 4.69) is 0 Å². The van der Waals surface area contributed by atoms with E-state index in [1.54, 1.807) is 44.4 Å². The number of anilines is 1. The SMILES string of the molecule is CCOc1ccc2nc(N(CCN(C)C)C(=O)C=Cc3cc(OC)c(OC)c(OC)c3)sc2c1. The number of fused-ring (bicyclic) bond motifs is 1. The van der Waals surface area contributed by atoms with E-state index in [1.807, 2.05) is 44.1 Å². The van der Waals surface area contributed by atoms with Gasteiger partial charge in [0, 0.05) is 19.2 Å². The number of nitrogens with zero attached hydrogens (tertiary/aromatic N) is 3. The molecular formula is C25H31N3O5S. The molecule has 0 saturated carbocycles. The van der Waals surface area contributed by atoms with Crippen LogP contribution < -0.4 is 23.8 Å². The van der Waals surface area contributed by atoms with Crippen molar-refractivity contribution < 1.29 is 23.7 Å². The number of thiazole rings is 1. The molecule has 0 fully saturated rings. The minimum atomic E-state index is -0.167. The average molecular weight is 486 g/mol. The highest BCUT2D eigenvalue weighted by molar-refractivity contribution is 7.22. The van der Waals surface area contributed by atoms with Crippen LogP contribution in [0.15, 0.2) is 36.4 Å². The van der Waals surface area contributed by atoms with Crippen LogP contribution in [0.4, 0.5) is 5.13 Å². The predicted molar refractivity (Wildman–Crippen MR) is 137 cm³/mol. The number of likely N-dealkylation sites (N-methyl/N-ethyl adjacent to an activating group) is 1. The van der Waals surface area contributed by atoms with Crippen LogP contribution in [0.3, 0.4) is 0 Å². The predicted octanol–water partition coefficient (Wildman–Crippen LogP) is 4.33. The Bertz CT molecular complexity index is 1130. The smallest absolute Gasteiger partial charge is 0.252 e. The first-order valence-corrected chi connectivity index (χ1v) is 11.7. The molecule has 0 radical (unpaired) electrons. The molecule has 9 heteroatoms. The van der Waals surface area contributed by atoms with Crippen LogP contribution in [0.1, 0.15) is 12.5 Å². The van der Waals surface area contributed by atoms with E-state index in [-0.39, 0.29) is 5.91 Å². The number of carbonyl (C=O) groups is 1. The molecule has 1 amide bonds. The van der Waals surface area contributed by atoms with Crippen LogP contribution in [0, 0.1) is 0 Å². The second kappa shape index (κ2) is 11.7. The molecule has 1 heterocycles. The number of carbonyl (C=O) groups excluding carboxylic acids is 1. The van der Waals surface area contributed by atoms with Gasteiger partial charge in [-0.2, -0.15) is 0 Å². The van der Waals surface area contributed by atoms with Gasteiger partial charge < -0.3 is 23.8 Å². The first kappa shape index (κ1) is 25.3. The summed E-state index contributed by atoms with van der Waals surface area (Å²) in [7, 11) is 8.62. The van der Waals surface area contributed by atoms with Crippen LogP contribution in [0.25, 0.3) is 16.3 Å². The number of hydrogen-bond donors (Lipinski definition) is 0. The summed E-state index contributed by atoms with van der Waals surface area (Å²) in [6, 6.07) is 9.36. The van der Waals surface area contributed by atoms with E-state index >= 15 is 0 Å². The number of ether oxygens (including phenoxy) is 4. The van der Waals surface area contributed by atoms with Gasteiger partial charge in [-0.15, -0.1) is 0 Å². The van der Waals surface area contributed by atoms with Gasteiger partial charge in [-0.25, -0.2) is 4.98 Å². The van der Waals surface area contributed by atoms with Crippen LogP contribution in [0.5, 0.6) is 23.0 Å². The molecule has 0 bridgehead atoms. The summed E-state index contributed by atoms with van der Waals surface area (Å²) in [4.78, 5) is 21.7. The molecule has 0 aliphatic heterocycles. The maximum atomic E-state index is 13.3. The van der Waals surface area contributed by atoms with Gasteiger partial charge in [0.15, 0.2) is 16.6 Å². The summed E-state index contributed by atoms with van der Waals surface area (Å²) in [6.07, 6.45) is 3.27. The largest absolute Gasteiger partial charge is 0.494 e. The third-order valence-electron chi connectivity index (χ3n) is 5.03. The highest BCUT2D eigenvalue weighted by Gasteiger charge is 2.19. The Hall–Kier alpha value is -3.30. The summed E-state index contributed by atoms with van der Waals surface area (Å²) in [5.74, 6) is 2.17. The maximum Gasteiger partial charge on any atom is 0.252 e. The van der Waals surface area contributed by atoms with Crippen LogP contribution in [0.2, 0.25) is 0 Å². The van der Waals surface area contributed by atoms with Crippen molar-refractivity contribution in [1.82, 2.24) is 9.88 Å². The van der Waals surface area contributed by atoms with Crippen LogP contribution >= 0.6 is 11.3 Å². The van der Waals surface area contributed by atoms with Crippen molar-refractivity contribution in [2.24, 2.45) is 0 Å². The van der Waals surface area contributed by atoms with E-state index in [0.717, 1.165) is 21.5 Å². The number of methoxy groups -OCH3 is 3. The summed E-state index contributed by atoms with van der Waals surface area (Å²) in [6.45, 7) is 3.74. The fraction of sp³-hybridized carbons (Fsp3) is 0.360. The van der Waals surface area contributed by atoms with Gasteiger partial charge in [0.1, 0.15) is 5.75 Å². The summed E-state index contributed by atoms with van der Waals surface area (Å²) in [5, 5.41) is 0.644. The van der Waals surface area contributed by atoms with Gasteiger partial charge in [0.25, 0.3) is 5.91 Å². The molecule has 0 N–H and O–H groups in total. The molecule has 0 unspecified atom stereocenters. The Morgan fingerprint density at radius 1 is 1.03 bits per heavy atom. The van der Waals surface area contributed by atoms with Crippen LogP contribution in [-0.4, -0.2) is 70.9 Å². The Kier molecular flexibility index (Phi) is 8.72. The Morgan fingerprint density at radius 2 is 1.74 bits per heavy atom. The molecule has 0 atom stereocenters. The van der Waals surface area contributed by atoms with E-state index in [1.165, 1.54) is 17.4 Å². The maximum absolute atomic E-state index is 13.3.